The van der Waals surface area contributed by atoms with E-state index >= 15 is 0 Å². The van der Waals surface area contributed by atoms with Gasteiger partial charge in [0, 0.05) is 23.7 Å². The topological polar surface area (TPSA) is 38.0 Å². The van der Waals surface area contributed by atoms with Gasteiger partial charge in [-0.15, -0.1) is 11.3 Å². The predicted octanol–water partition coefficient (Wildman–Crippen LogP) is 3.67. The lowest BCUT2D eigenvalue weighted by molar-refractivity contribution is 0.181. The standard InChI is InChI=1S/C14H13BrN2OS/c1-17-11-5-3-2-4-9(11)10(16-17)8-12(18)13-6-7-14(15)19-13/h2-7,12,18H,8H2,1H3. The first kappa shape index (κ1) is 12.8. The van der Waals surface area contributed by atoms with Gasteiger partial charge in [-0.2, -0.15) is 5.10 Å². The zero-order valence-electron chi connectivity index (χ0n) is 10.4. The van der Waals surface area contributed by atoms with Crippen LogP contribution in [0.25, 0.3) is 10.9 Å². The SMILES string of the molecule is Cn1nc(CC(O)c2ccc(Br)s2)c2ccccc21. The average molecular weight is 337 g/mol. The number of rotatable bonds is 3. The van der Waals surface area contributed by atoms with E-state index < -0.39 is 6.10 Å². The third kappa shape index (κ3) is 2.45. The van der Waals surface area contributed by atoms with Gasteiger partial charge in [-0.3, -0.25) is 4.68 Å². The van der Waals surface area contributed by atoms with Gasteiger partial charge in [0.25, 0.3) is 0 Å². The highest BCUT2D eigenvalue weighted by molar-refractivity contribution is 9.11. The van der Waals surface area contributed by atoms with Crippen molar-refractivity contribution in [2.24, 2.45) is 7.05 Å². The fourth-order valence-corrected chi connectivity index (χ4v) is 3.64. The summed E-state index contributed by atoms with van der Waals surface area (Å²) in [6.45, 7) is 0. The number of halogens is 1. The lowest BCUT2D eigenvalue weighted by atomic mass is 10.1. The lowest BCUT2D eigenvalue weighted by Gasteiger charge is -2.06. The second-order valence-electron chi connectivity index (χ2n) is 4.45. The van der Waals surface area contributed by atoms with Crippen LogP contribution in [-0.2, 0) is 13.5 Å². The summed E-state index contributed by atoms with van der Waals surface area (Å²) in [4.78, 5) is 0.960. The summed E-state index contributed by atoms with van der Waals surface area (Å²) in [7, 11) is 1.93. The number of para-hydroxylation sites is 1. The normalized spacial score (nSPS) is 13.0. The molecule has 2 heterocycles. The van der Waals surface area contributed by atoms with Crippen LogP contribution >= 0.6 is 27.3 Å². The fraction of sp³-hybridized carbons (Fsp3) is 0.214. The summed E-state index contributed by atoms with van der Waals surface area (Å²) in [5.41, 5.74) is 2.03. The molecule has 0 aliphatic rings. The van der Waals surface area contributed by atoms with Crippen molar-refractivity contribution in [2.45, 2.75) is 12.5 Å². The molecule has 0 aliphatic carbocycles. The van der Waals surface area contributed by atoms with Crippen molar-refractivity contribution in [1.29, 1.82) is 0 Å². The van der Waals surface area contributed by atoms with E-state index in [2.05, 4.69) is 27.1 Å². The zero-order chi connectivity index (χ0) is 13.4. The molecule has 1 aromatic carbocycles. The maximum Gasteiger partial charge on any atom is 0.0938 e. The van der Waals surface area contributed by atoms with Crippen LogP contribution in [0.3, 0.4) is 0 Å². The molecule has 0 radical (unpaired) electrons. The average Bonchev–Trinajstić information content (AvgIpc) is 2.96. The summed E-state index contributed by atoms with van der Waals surface area (Å²) in [6.07, 6.45) is 0.0310. The summed E-state index contributed by atoms with van der Waals surface area (Å²) in [5.74, 6) is 0. The number of aryl methyl sites for hydroxylation is 1. The first-order valence-electron chi connectivity index (χ1n) is 5.99. The molecule has 0 bridgehead atoms. The Bertz CT molecular complexity index is 719. The first-order chi connectivity index (χ1) is 9.15. The Balaban J connectivity index is 1.93. The van der Waals surface area contributed by atoms with Crippen LogP contribution in [0.15, 0.2) is 40.2 Å². The Morgan fingerprint density at radius 2 is 2.11 bits per heavy atom. The summed E-state index contributed by atoms with van der Waals surface area (Å²) in [6, 6.07) is 12.0. The lowest BCUT2D eigenvalue weighted by Crippen LogP contribution is -2.01. The molecule has 3 rings (SSSR count). The molecule has 0 amide bonds. The second-order valence-corrected chi connectivity index (χ2v) is 6.94. The molecule has 0 aliphatic heterocycles. The Morgan fingerprint density at radius 3 is 2.84 bits per heavy atom. The Morgan fingerprint density at radius 1 is 1.32 bits per heavy atom. The van der Waals surface area contributed by atoms with Crippen molar-refractivity contribution in [3.8, 4) is 0 Å². The Hall–Kier alpha value is -1.17. The molecule has 0 saturated heterocycles. The number of aromatic nitrogens is 2. The number of aliphatic hydroxyl groups excluding tert-OH is 1. The number of hydrogen-bond acceptors (Lipinski definition) is 3. The van der Waals surface area contributed by atoms with Gasteiger partial charge in [-0.05, 0) is 34.1 Å². The first-order valence-corrected chi connectivity index (χ1v) is 7.60. The smallest absolute Gasteiger partial charge is 0.0938 e. The van der Waals surface area contributed by atoms with Gasteiger partial charge in [-0.25, -0.2) is 0 Å². The molecule has 1 unspecified atom stereocenters. The molecule has 98 valence electrons. The van der Waals surface area contributed by atoms with Crippen LogP contribution in [0, 0.1) is 0 Å². The molecular weight excluding hydrogens is 324 g/mol. The van der Waals surface area contributed by atoms with Crippen molar-refractivity contribution in [3.05, 3.63) is 50.8 Å². The van der Waals surface area contributed by atoms with E-state index in [4.69, 9.17) is 0 Å². The largest absolute Gasteiger partial charge is 0.387 e. The van der Waals surface area contributed by atoms with Gasteiger partial charge in [0.2, 0.25) is 0 Å². The number of nitrogens with zero attached hydrogens (tertiary/aromatic N) is 2. The molecule has 5 heteroatoms. The molecule has 1 N–H and O–H groups in total. The Labute approximate surface area is 123 Å². The van der Waals surface area contributed by atoms with Crippen molar-refractivity contribution in [3.63, 3.8) is 0 Å². The van der Waals surface area contributed by atoms with Crippen LogP contribution in [-0.4, -0.2) is 14.9 Å². The molecule has 19 heavy (non-hydrogen) atoms. The zero-order valence-corrected chi connectivity index (χ0v) is 12.8. The third-order valence-electron chi connectivity index (χ3n) is 3.14. The Kier molecular flexibility index (Phi) is 3.43. The van der Waals surface area contributed by atoms with Crippen molar-refractivity contribution >= 4 is 38.2 Å². The fourth-order valence-electron chi connectivity index (χ4n) is 2.23. The number of hydrogen-bond donors (Lipinski definition) is 1. The number of fused-ring (bicyclic) bond motifs is 1. The number of benzene rings is 1. The minimum atomic E-state index is -0.505. The summed E-state index contributed by atoms with van der Waals surface area (Å²) in [5, 5.41) is 15.9. The van der Waals surface area contributed by atoms with Crippen molar-refractivity contribution in [2.75, 3.05) is 0 Å². The summed E-state index contributed by atoms with van der Waals surface area (Å²) >= 11 is 4.98. The van der Waals surface area contributed by atoms with Crippen LogP contribution in [0.2, 0.25) is 0 Å². The van der Waals surface area contributed by atoms with Crippen molar-refractivity contribution < 1.29 is 5.11 Å². The van der Waals surface area contributed by atoms with Crippen LogP contribution < -0.4 is 0 Å². The molecule has 1 atom stereocenters. The van der Waals surface area contributed by atoms with Crippen LogP contribution in [0.1, 0.15) is 16.7 Å². The highest BCUT2D eigenvalue weighted by Gasteiger charge is 2.15. The summed E-state index contributed by atoms with van der Waals surface area (Å²) < 4.78 is 2.90. The monoisotopic (exact) mass is 336 g/mol. The van der Waals surface area contributed by atoms with Gasteiger partial charge in [0.1, 0.15) is 0 Å². The quantitative estimate of drug-likeness (QED) is 0.792. The molecule has 2 aromatic heterocycles. The van der Waals surface area contributed by atoms with Gasteiger partial charge >= 0.3 is 0 Å². The maximum atomic E-state index is 10.3. The highest BCUT2D eigenvalue weighted by Crippen LogP contribution is 2.30. The van der Waals surface area contributed by atoms with E-state index in [0.717, 1.165) is 25.3 Å². The van der Waals surface area contributed by atoms with E-state index in [9.17, 15) is 5.11 Å². The van der Waals surface area contributed by atoms with E-state index in [0.29, 0.717) is 6.42 Å². The maximum absolute atomic E-state index is 10.3. The van der Waals surface area contributed by atoms with Gasteiger partial charge < -0.3 is 5.11 Å². The molecule has 0 fully saturated rings. The van der Waals surface area contributed by atoms with Crippen molar-refractivity contribution in [1.82, 2.24) is 9.78 Å². The van der Waals surface area contributed by atoms with Gasteiger partial charge in [0.05, 0.1) is 21.1 Å². The molecule has 3 aromatic rings. The molecule has 3 nitrogen and oxygen atoms in total. The third-order valence-corrected chi connectivity index (χ3v) is 4.87. The van der Waals surface area contributed by atoms with E-state index in [1.807, 2.05) is 42.1 Å². The number of aliphatic hydroxyl groups is 1. The number of thiophene rings is 1. The molecule has 0 spiro atoms. The molecule has 0 saturated carbocycles. The van der Waals surface area contributed by atoms with Crippen LogP contribution in [0.5, 0.6) is 0 Å². The van der Waals surface area contributed by atoms with E-state index in [1.165, 1.54) is 0 Å². The highest BCUT2D eigenvalue weighted by atomic mass is 79.9. The van der Waals surface area contributed by atoms with Gasteiger partial charge in [-0.1, -0.05) is 18.2 Å². The second kappa shape index (κ2) is 5.07. The minimum absolute atomic E-state index is 0.505. The molecular formula is C14H13BrN2OS. The van der Waals surface area contributed by atoms with Crippen LogP contribution in [0.4, 0.5) is 0 Å². The van der Waals surface area contributed by atoms with E-state index in [1.54, 1.807) is 11.3 Å². The predicted molar refractivity (Wildman–Crippen MR) is 81.4 cm³/mol. The van der Waals surface area contributed by atoms with Gasteiger partial charge in [0.15, 0.2) is 0 Å². The minimum Gasteiger partial charge on any atom is -0.387 e. The van der Waals surface area contributed by atoms with E-state index in [-0.39, 0.29) is 0 Å².